The maximum atomic E-state index is 12.7. The zero-order chi connectivity index (χ0) is 21.7. The Morgan fingerprint density at radius 1 is 1.00 bits per heavy atom. The predicted molar refractivity (Wildman–Crippen MR) is 113 cm³/mol. The maximum absolute atomic E-state index is 12.7. The number of nitrogens with one attached hydrogen (secondary N) is 1. The quantitative estimate of drug-likeness (QED) is 0.449. The Hall–Kier alpha value is -2.93. The van der Waals surface area contributed by atoms with Crippen molar-refractivity contribution in [2.45, 2.75) is 23.7 Å². The monoisotopic (exact) mass is 431 g/mol. The van der Waals surface area contributed by atoms with Crippen molar-refractivity contribution in [1.82, 2.24) is 0 Å². The third-order valence-electron chi connectivity index (χ3n) is 4.43. The van der Waals surface area contributed by atoms with Gasteiger partial charge in [0.05, 0.1) is 12.7 Å². The molecule has 0 saturated heterocycles. The van der Waals surface area contributed by atoms with E-state index < -0.39 is 17.6 Å². The van der Waals surface area contributed by atoms with Gasteiger partial charge < -0.3 is 10.1 Å². The number of alkyl halides is 3. The van der Waals surface area contributed by atoms with E-state index in [1.165, 1.54) is 17.7 Å². The van der Waals surface area contributed by atoms with Gasteiger partial charge in [0.1, 0.15) is 5.75 Å². The van der Waals surface area contributed by atoms with Gasteiger partial charge in [-0.3, -0.25) is 4.79 Å². The first-order valence-corrected chi connectivity index (χ1v) is 10.1. The van der Waals surface area contributed by atoms with Crippen LogP contribution in [0.3, 0.4) is 0 Å². The molecule has 0 aliphatic heterocycles. The highest BCUT2D eigenvalue weighted by Gasteiger charge is 2.30. The first kappa shape index (κ1) is 21.8. The molecule has 0 saturated carbocycles. The number of aryl methyl sites for hydroxylation is 1. The molecule has 0 aliphatic carbocycles. The summed E-state index contributed by atoms with van der Waals surface area (Å²) in [6, 6.07) is 17.6. The van der Waals surface area contributed by atoms with Crippen molar-refractivity contribution in [2.24, 2.45) is 0 Å². The summed E-state index contributed by atoms with van der Waals surface area (Å²) >= 11 is 1.62. The van der Waals surface area contributed by atoms with Crippen molar-refractivity contribution < 1.29 is 22.7 Å². The fourth-order valence-electron chi connectivity index (χ4n) is 2.77. The molecule has 7 heteroatoms. The number of ether oxygens (including phenoxy) is 1. The van der Waals surface area contributed by atoms with E-state index in [9.17, 15) is 18.0 Å². The van der Waals surface area contributed by atoms with E-state index >= 15 is 0 Å². The van der Waals surface area contributed by atoms with Gasteiger partial charge in [-0.2, -0.15) is 13.2 Å². The molecule has 0 aromatic heterocycles. The lowest BCUT2D eigenvalue weighted by Crippen LogP contribution is -2.13. The van der Waals surface area contributed by atoms with E-state index in [1.807, 2.05) is 31.2 Å². The Labute approximate surface area is 177 Å². The van der Waals surface area contributed by atoms with E-state index in [-0.39, 0.29) is 0 Å². The molecule has 0 atom stereocenters. The summed E-state index contributed by atoms with van der Waals surface area (Å²) in [5.41, 5.74) is 1.96. The van der Waals surface area contributed by atoms with Gasteiger partial charge >= 0.3 is 6.18 Å². The van der Waals surface area contributed by atoms with Gasteiger partial charge in [0, 0.05) is 27.5 Å². The first-order chi connectivity index (χ1) is 14.3. The average Bonchev–Trinajstić information content (AvgIpc) is 2.73. The number of hydrogen-bond acceptors (Lipinski definition) is 3. The summed E-state index contributed by atoms with van der Waals surface area (Å²) < 4.78 is 43.4. The molecule has 3 aromatic rings. The lowest BCUT2D eigenvalue weighted by molar-refractivity contribution is -0.137. The molecule has 3 rings (SSSR count). The van der Waals surface area contributed by atoms with Crippen LogP contribution in [-0.4, -0.2) is 13.0 Å². The molecule has 0 bridgehead atoms. The van der Waals surface area contributed by atoms with Crippen molar-refractivity contribution in [1.29, 1.82) is 0 Å². The number of carbonyl (C=O) groups is 1. The van der Waals surface area contributed by atoms with E-state index in [2.05, 4.69) is 5.32 Å². The minimum atomic E-state index is -4.41. The van der Waals surface area contributed by atoms with Gasteiger partial charge in [-0.1, -0.05) is 17.7 Å². The minimum absolute atomic E-state index is 0.291. The molecule has 30 heavy (non-hydrogen) atoms. The average molecular weight is 431 g/mol. The maximum Gasteiger partial charge on any atom is 0.416 e. The summed E-state index contributed by atoms with van der Waals surface area (Å²) in [6.45, 7) is 2.02. The molecule has 1 amide bonds. The van der Waals surface area contributed by atoms with Gasteiger partial charge in [0.25, 0.3) is 5.91 Å². The topological polar surface area (TPSA) is 38.3 Å². The normalized spacial score (nSPS) is 11.2. The Balaban J connectivity index is 1.72. The van der Waals surface area contributed by atoms with Crippen molar-refractivity contribution in [2.75, 3.05) is 12.4 Å². The smallest absolute Gasteiger partial charge is 0.416 e. The summed E-state index contributed by atoms with van der Waals surface area (Å²) in [4.78, 5) is 13.7. The second-order valence-electron chi connectivity index (χ2n) is 6.66. The highest BCUT2D eigenvalue weighted by Crippen LogP contribution is 2.31. The van der Waals surface area contributed by atoms with Crippen molar-refractivity contribution in [3.05, 3.63) is 89.0 Å². The molecule has 0 unspecified atom stereocenters. The zero-order valence-corrected chi connectivity index (χ0v) is 17.2. The second-order valence-corrected chi connectivity index (χ2v) is 7.71. The Morgan fingerprint density at radius 2 is 1.67 bits per heavy atom. The number of amides is 1. The largest absolute Gasteiger partial charge is 0.496 e. The lowest BCUT2D eigenvalue weighted by Gasteiger charge is -2.12. The van der Waals surface area contributed by atoms with Gasteiger partial charge in [-0.15, -0.1) is 11.8 Å². The summed E-state index contributed by atoms with van der Waals surface area (Å²) in [5, 5.41) is 2.63. The first-order valence-electron chi connectivity index (χ1n) is 9.11. The number of benzene rings is 3. The highest BCUT2D eigenvalue weighted by atomic mass is 32.2. The molecular formula is C23H20F3NO2S. The SMILES string of the molecule is COc1ccc(C(=O)Nc2ccc(C(F)(F)F)cc2)cc1CSc1ccc(C)cc1. The summed E-state index contributed by atoms with van der Waals surface area (Å²) in [7, 11) is 1.57. The fraction of sp³-hybridized carbons (Fsp3) is 0.174. The van der Waals surface area contributed by atoms with Gasteiger partial charge in [-0.05, 0) is 61.5 Å². The van der Waals surface area contributed by atoms with Gasteiger partial charge in [-0.25, -0.2) is 0 Å². The van der Waals surface area contributed by atoms with E-state index in [1.54, 1.807) is 37.1 Å². The lowest BCUT2D eigenvalue weighted by atomic mass is 10.1. The third kappa shape index (κ3) is 5.57. The molecule has 3 aromatic carbocycles. The Kier molecular flexibility index (Phi) is 6.72. The van der Waals surface area contributed by atoms with Gasteiger partial charge in [0.15, 0.2) is 0 Å². The summed E-state index contributed by atoms with van der Waals surface area (Å²) in [6.07, 6.45) is -4.41. The van der Waals surface area contributed by atoms with Crippen molar-refractivity contribution in [3.8, 4) is 5.75 Å². The molecule has 156 valence electrons. The number of rotatable bonds is 6. The zero-order valence-electron chi connectivity index (χ0n) is 16.4. The predicted octanol–water partition coefficient (Wildman–Crippen LogP) is 6.57. The molecule has 0 radical (unpaired) electrons. The molecule has 0 heterocycles. The van der Waals surface area contributed by atoms with Crippen LogP contribution in [0.25, 0.3) is 0 Å². The standard InChI is InChI=1S/C23H20F3NO2S/c1-15-3-10-20(11-4-15)30-14-17-13-16(5-12-21(17)29-2)22(28)27-19-8-6-18(7-9-19)23(24,25)26/h3-13H,14H2,1-2H3,(H,27,28). The number of carbonyl (C=O) groups excluding carboxylic acids is 1. The molecule has 0 aliphatic rings. The second kappa shape index (κ2) is 9.26. The van der Waals surface area contributed by atoms with E-state index in [0.717, 1.165) is 22.6 Å². The Bertz CT molecular complexity index is 1020. The third-order valence-corrected chi connectivity index (χ3v) is 5.49. The fourth-order valence-corrected chi connectivity index (χ4v) is 3.65. The van der Waals surface area contributed by atoms with E-state index in [4.69, 9.17) is 4.74 Å². The number of anilines is 1. The number of halogens is 3. The van der Waals surface area contributed by atoms with Crippen LogP contribution >= 0.6 is 11.8 Å². The number of hydrogen-bond donors (Lipinski definition) is 1. The van der Waals surface area contributed by atoms with Crippen LogP contribution < -0.4 is 10.1 Å². The molecule has 0 spiro atoms. The van der Waals surface area contributed by atoms with Crippen LogP contribution in [0.1, 0.15) is 27.0 Å². The van der Waals surface area contributed by atoms with Crippen LogP contribution in [0.5, 0.6) is 5.75 Å². The molecule has 3 nitrogen and oxygen atoms in total. The number of thioether (sulfide) groups is 1. The minimum Gasteiger partial charge on any atom is -0.496 e. The summed E-state index contributed by atoms with van der Waals surface area (Å²) in [5.74, 6) is 0.868. The van der Waals surface area contributed by atoms with Crippen LogP contribution in [0.2, 0.25) is 0 Å². The van der Waals surface area contributed by atoms with E-state index in [0.29, 0.717) is 22.8 Å². The van der Waals surface area contributed by atoms with Gasteiger partial charge in [0.2, 0.25) is 0 Å². The number of methoxy groups -OCH3 is 1. The van der Waals surface area contributed by atoms with Crippen LogP contribution in [-0.2, 0) is 11.9 Å². The highest BCUT2D eigenvalue weighted by molar-refractivity contribution is 7.98. The molecule has 0 fully saturated rings. The molecule has 1 N–H and O–H groups in total. The Morgan fingerprint density at radius 3 is 2.27 bits per heavy atom. The van der Waals surface area contributed by atoms with Crippen molar-refractivity contribution >= 4 is 23.4 Å². The van der Waals surface area contributed by atoms with Crippen LogP contribution in [0.4, 0.5) is 18.9 Å². The van der Waals surface area contributed by atoms with Crippen LogP contribution in [0.15, 0.2) is 71.6 Å². The molecular weight excluding hydrogens is 411 g/mol. The van der Waals surface area contributed by atoms with Crippen molar-refractivity contribution in [3.63, 3.8) is 0 Å². The van der Waals surface area contributed by atoms with Crippen LogP contribution in [0, 0.1) is 6.92 Å².